The van der Waals surface area contributed by atoms with Crippen molar-refractivity contribution < 1.29 is 9.53 Å². The van der Waals surface area contributed by atoms with Crippen molar-refractivity contribution in [2.24, 2.45) is 0 Å². The predicted octanol–water partition coefficient (Wildman–Crippen LogP) is 1.26. The van der Waals surface area contributed by atoms with Crippen LogP contribution in [0.5, 0.6) is 5.88 Å². The van der Waals surface area contributed by atoms with Gasteiger partial charge >= 0.3 is 0 Å². The summed E-state index contributed by atoms with van der Waals surface area (Å²) in [5.74, 6) is 3.00. The van der Waals surface area contributed by atoms with Crippen LogP contribution in [-0.4, -0.2) is 50.8 Å². The average Bonchev–Trinajstić information content (AvgIpc) is 3.39. The number of rotatable bonds is 3. The first-order valence-corrected chi connectivity index (χ1v) is 7.97. The van der Waals surface area contributed by atoms with E-state index < -0.39 is 0 Å². The number of pyridine rings is 1. The molecule has 120 valence electrons. The summed E-state index contributed by atoms with van der Waals surface area (Å²) in [6, 6.07) is 3.40. The SMILES string of the molecule is COc1cc(C(=O)N2CCc3nc(C4CC4)nn3CC2)ccn1. The molecule has 7 heteroatoms. The molecule has 2 aromatic heterocycles. The first kappa shape index (κ1) is 14.2. The Morgan fingerprint density at radius 3 is 2.96 bits per heavy atom. The molecule has 0 N–H and O–H groups in total. The molecule has 0 spiro atoms. The second kappa shape index (κ2) is 5.64. The summed E-state index contributed by atoms with van der Waals surface area (Å²) in [7, 11) is 1.55. The molecular weight excluding hydrogens is 294 g/mol. The van der Waals surface area contributed by atoms with Crippen molar-refractivity contribution in [1.82, 2.24) is 24.6 Å². The smallest absolute Gasteiger partial charge is 0.254 e. The first-order valence-electron chi connectivity index (χ1n) is 7.97. The molecule has 0 bridgehead atoms. The lowest BCUT2D eigenvalue weighted by molar-refractivity contribution is 0.0757. The maximum Gasteiger partial charge on any atom is 0.254 e. The van der Waals surface area contributed by atoms with E-state index in [9.17, 15) is 4.79 Å². The van der Waals surface area contributed by atoms with E-state index >= 15 is 0 Å². The van der Waals surface area contributed by atoms with E-state index in [1.807, 2.05) is 9.58 Å². The van der Waals surface area contributed by atoms with Gasteiger partial charge in [0.25, 0.3) is 5.91 Å². The molecule has 0 atom stereocenters. The van der Waals surface area contributed by atoms with Gasteiger partial charge in [-0.2, -0.15) is 5.10 Å². The number of amides is 1. The van der Waals surface area contributed by atoms with Crippen molar-refractivity contribution in [1.29, 1.82) is 0 Å². The number of ether oxygens (including phenoxy) is 1. The topological polar surface area (TPSA) is 73.1 Å². The molecule has 0 radical (unpaired) electrons. The van der Waals surface area contributed by atoms with Gasteiger partial charge in [0.2, 0.25) is 5.88 Å². The molecule has 1 amide bonds. The monoisotopic (exact) mass is 313 g/mol. The van der Waals surface area contributed by atoms with E-state index in [-0.39, 0.29) is 5.91 Å². The number of fused-ring (bicyclic) bond motifs is 1. The van der Waals surface area contributed by atoms with Gasteiger partial charge in [-0.1, -0.05) is 0 Å². The van der Waals surface area contributed by atoms with Crippen molar-refractivity contribution in [2.75, 3.05) is 20.2 Å². The van der Waals surface area contributed by atoms with Gasteiger partial charge in [0, 0.05) is 43.3 Å². The number of hydrogen-bond acceptors (Lipinski definition) is 5. The normalized spacial score (nSPS) is 17.5. The van der Waals surface area contributed by atoms with Crippen LogP contribution in [0.15, 0.2) is 18.3 Å². The highest BCUT2D eigenvalue weighted by molar-refractivity contribution is 5.94. The van der Waals surface area contributed by atoms with Crippen LogP contribution in [0.25, 0.3) is 0 Å². The van der Waals surface area contributed by atoms with Gasteiger partial charge in [-0.15, -0.1) is 0 Å². The van der Waals surface area contributed by atoms with Gasteiger partial charge in [0.05, 0.1) is 13.7 Å². The molecule has 2 aromatic rings. The van der Waals surface area contributed by atoms with Crippen molar-refractivity contribution >= 4 is 5.91 Å². The highest BCUT2D eigenvalue weighted by Gasteiger charge is 2.30. The highest BCUT2D eigenvalue weighted by atomic mass is 16.5. The number of carbonyl (C=O) groups excluding carboxylic acids is 1. The molecule has 0 saturated heterocycles. The molecule has 7 nitrogen and oxygen atoms in total. The fourth-order valence-electron chi connectivity index (χ4n) is 2.87. The minimum Gasteiger partial charge on any atom is -0.481 e. The van der Waals surface area contributed by atoms with Crippen molar-refractivity contribution in [3.05, 3.63) is 35.5 Å². The van der Waals surface area contributed by atoms with Crippen LogP contribution in [0.2, 0.25) is 0 Å². The molecule has 1 saturated carbocycles. The number of carbonyl (C=O) groups is 1. The second-order valence-corrected chi connectivity index (χ2v) is 6.01. The number of aromatic nitrogens is 4. The zero-order valence-corrected chi connectivity index (χ0v) is 13.1. The molecule has 0 unspecified atom stereocenters. The Labute approximate surface area is 134 Å². The Morgan fingerprint density at radius 1 is 1.30 bits per heavy atom. The van der Waals surface area contributed by atoms with Crippen molar-refractivity contribution in [3.63, 3.8) is 0 Å². The Kier molecular flexibility index (Phi) is 3.48. The van der Waals surface area contributed by atoms with E-state index in [4.69, 9.17) is 4.74 Å². The lowest BCUT2D eigenvalue weighted by atomic mass is 10.2. The van der Waals surface area contributed by atoms with Crippen LogP contribution >= 0.6 is 0 Å². The molecule has 0 aromatic carbocycles. The third kappa shape index (κ3) is 2.78. The summed E-state index contributed by atoms with van der Waals surface area (Å²) in [6.07, 6.45) is 4.75. The Morgan fingerprint density at radius 2 is 2.17 bits per heavy atom. The molecule has 4 rings (SSSR count). The van der Waals surface area contributed by atoms with E-state index in [2.05, 4.69) is 15.1 Å². The molecule has 1 aliphatic carbocycles. The third-order valence-corrected chi connectivity index (χ3v) is 4.37. The van der Waals surface area contributed by atoms with Crippen LogP contribution in [0.3, 0.4) is 0 Å². The van der Waals surface area contributed by atoms with Gasteiger partial charge in [0.15, 0.2) is 5.82 Å². The molecule has 23 heavy (non-hydrogen) atoms. The predicted molar refractivity (Wildman–Crippen MR) is 82.4 cm³/mol. The molecule has 1 aliphatic heterocycles. The van der Waals surface area contributed by atoms with Crippen LogP contribution < -0.4 is 4.74 Å². The van der Waals surface area contributed by atoms with Crippen LogP contribution in [0, 0.1) is 0 Å². The number of nitrogens with zero attached hydrogens (tertiary/aromatic N) is 5. The lowest BCUT2D eigenvalue weighted by Crippen LogP contribution is -2.33. The molecule has 1 fully saturated rings. The quantitative estimate of drug-likeness (QED) is 0.853. The minimum atomic E-state index is -0.00105. The Hall–Kier alpha value is -2.44. The van der Waals surface area contributed by atoms with E-state index in [1.54, 1.807) is 25.4 Å². The maximum absolute atomic E-state index is 12.7. The van der Waals surface area contributed by atoms with E-state index in [0.29, 0.717) is 37.0 Å². The van der Waals surface area contributed by atoms with Crippen LogP contribution in [0.4, 0.5) is 0 Å². The number of hydrogen-bond donors (Lipinski definition) is 0. The number of methoxy groups -OCH3 is 1. The summed E-state index contributed by atoms with van der Waals surface area (Å²) < 4.78 is 7.06. The summed E-state index contributed by atoms with van der Waals surface area (Å²) in [5.41, 5.74) is 0.600. The zero-order chi connectivity index (χ0) is 15.8. The Bertz CT molecular complexity index is 712. The molecule has 2 aliphatic rings. The largest absolute Gasteiger partial charge is 0.481 e. The average molecular weight is 313 g/mol. The van der Waals surface area contributed by atoms with Gasteiger partial charge in [-0.25, -0.2) is 14.6 Å². The van der Waals surface area contributed by atoms with Crippen molar-refractivity contribution in [2.45, 2.75) is 31.7 Å². The minimum absolute atomic E-state index is 0.00105. The molecular formula is C16H19N5O2. The van der Waals surface area contributed by atoms with E-state index in [1.165, 1.54) is 12.8 Å². The lowest BCUT2D eigenvalue weighted by Gasteiger charge is -2.20. The summed E-state index contributed by atoms with van der Waals surface area (Å²) >= 11 is 0. The fourth-order valence-corrected chi connectivity index (χ4v) is 2.87. The maximum atomic E-state index is 12.7. The summed E-state index contributed by atoms with van der Waals surface area (Å²) in [6.45, 7) is 2.00. The van der Waals surface area contributed by atoms with Crippen LogP contribution in [-0.2, 0) is 13.0 Å². The van der Waals surface area contributed by atoms with Crippen LogP contribution in [0.1, 0.15) is 40.8 Å². The van der Waals surface area contributed by atoms with Gasteiger partial charge < -0.3 is 9.64 Å². The second-order valence-electron chi connectivity index (χ2n) is 6.01. The van der Waals surface area contributed by atoms with Gasteiger partial charge in [0.1, 0.15) is 5.82 Å². The van der Waals surface area contributed by atoms with Crippen molar-refractivity contribution in [3.8, 4) is 5.88 Å². The highest BCUT2D eigenvalue weighted by Crippen LogP contribution is 2.38. The fraction of sp³-hybridized carbons (Fsp3) is 0.500. The van der Waals surface area contributed by atoms with Gasteiger partial charge in [-0.05, 0) is 18.9 Å². The van der Waals surface area contributed by atoms with Gasteiger partial charge in [-0.3, -0.25) is 4.79 Å². The summed E-state index contributed by atoms with van der Waals surface area (Å²) in [4.78, 5) is 23.2. The third-order valence-electron chi connectivity index (χ3n) is 4.37. The van der Waals surface area contributed by atoms with E-state index in [0.717, 1.165) is 18.1 Å². The standard InChI is InChI=1S/C16H19N5O2/c1-23-14-10-12(4-6-17-14)16(22)20-7-5-13-18-15(11-2-3-11)19-21(13)9-8-20/h4,6,10-11H,2-3,5,7-9H2,1H3. The Balaban J connectivity index is 1.48. The summed E-state index contributed by atoms with van der Waals surface area (Å²) in [5, 5.41) is 4.60. The first-order chi connectivity index (χ1) is 11.2. The zero-order valence-electron chi connectivity index (χ0n) is 13.1. The molecule has 3 heterocycles.